The average molecular weight is 248 g/mol. The lowest BCUT2D eigenvalue weighted by Crippen LogP contribution is -2.42. The number of hydrogen-bond donors (Lipinski definition) is 2. The fourth-order valence-electron chi connectivity index (χ4n) is 2.44. The summed E-state index contributed by atoms with van der Waals surface area (Å²) in [4.78, 5) is 20.3. The van der Waals surface area contributed by atoms with Crippen molar-refractivity contribution in [1.82, 2.24) is 15.3 Å². The van der Waals surface area contributed by atoms with Crippen molar-refractivity contribution in [2.24, 2.45) is 5.92 Å². The van der Waals surface area contributed by atoms with E-state index in [1.807, 2.05) is 6.92 Å². The first-order chi connectivity index (χ1) is 8.70. The highest BCUT2D eigenvalue weighted by molar-refractivity contribution is 5.79. The van der Waals surface area contributed by atoms with E-state index in [9.17, 15) is 4.79 Å². The Morgan fingerprint density at radius 3 is 2.61 bits per heavy atom. The van der Waals surface area contributed by atoms with Crippen molar-refractivity contribution in [3.63, 3.8) is 0 Å². The molecule has 5 heteroatoms. The second-order valence-electron chi connectivity index (χ2n) is 4.84. The minimum Gasteiger partial charge on any atom is -0.359 e. The summed E-state index contributed by atoms with van der Waals surface area (Å²) in [5.41, 5.74) is 1.03. The number of anilines is 1. The zero-order chi connectivity index (χ0) is 13.0. The van der Waals surface area contributed by atoms with Gasteiger partial charge in [0.1, 0.15) is 0 Å². The van der Waals surface area contributed by atoms with Gasteiger partial charge in [0.2, 0.25) is 11.9 Å². The number of carbonyl (C=O) groups excluding carboxylic acids is 1. The number of carbonyl (C=O) groups is 1. The molecule has 1 aromatic heterocycles. The Morgan fingerprint density at radius 1 is 1.28 bits per heavy atom. The second-order valence-corrected chi connectivity index (χ2v) is 4.84. The number of aromatic nitrogens is 2. The van der Waals surface area contributed by atoms with Crippen LogP contribution >= 0.6 is 0 Å². The zero-order valence-electron chi connectivity index (χ0n) is 10.9. The van der Waals surface area contributed by atoms with E-state index in [-0.39, 0.29) is 17.9 Å². The Morgan fingerprint density at radius 2 is 1.94 bits per heavy atom. The van der Waals surface area contributed by atoms with Crippen LogP contribution < -0.4 is 10.6 Å². The summed E-state index contributed by atoms with van der Waals surface area (Å²) in [6.45, 7) is 1.96. The van der Waals surface area contributed by atoms with Gasteiger partial charge in [-0.25, -0.2) is 9.97 Å². The monoisotopic (exact) mass is 248 g/mol. The summed E-state index contributed by atoms with van der Waals surface area (Å²) in [7, 11) is 1.69. The van der Waals surface area contributed by atoms with E-state index in [0.29, 0.717) is 5.95 Å². The molecule has 1 aliphatic carbocycles. The SMILES string of the molecule is CNC(=O)C1CCCCC1Nc1ncc(C)cn1. The molecule has 0 aliphatic heterocycles. The van der Waals surface area contributed by atoms with Crippen LogP contribution in [0.4, 0.5) is 5.95 Å². The van der Waals surface area contributed by atoms with Crippen molar-refractivity contribution in [2.45, 2.75) is 38.6 Å². The van der Waals surface area contributed by atoms with Crippen LogP contribution in [0.25, 0.3) is 0 Å². The molecule has 2 atom stereocenters. The molecule has 1 aromatic rings. The van der Waals surface area contributed by atoms with Gasteiger partial charge in [0.25, 0.3) is 0 Å². The highest BCUT2D eigenvalue weighted by Crippen LogP contribution is 2.26. The van der Waals surface area contributed by atoms with Gasteiger partial charge in [-0.05, 0) is 25.3 Å². The molecule has 0 aromatic carbocycles. The van der Waals surface area contributed by atoms with Gasteiger partial charge in [-0.3, -0.25) is 4.79 Å². The van der Waals surface area contributed by atoms with Crippen LogP contribution in [0.1, 0.15) is 31.2 Å². The van der Waals surface area contributed by atoms with Gasteiger partial charge >= 0.3 is 0 Å². The van der Waals surface area contributed by atoms with Crippen LogP contribution in [0.5, 0.6) is 0 Å². The lowest BCUT2D eigenvalue weighted by molar-refractivity contribution is -0.125. The van der Waals surface area contributed by atoms with Crippen molar-refractivity contribution in [3.05, 3.63) is 18.0 Å². The minimum absolute atomic E-state index is 0.0219. The Bertz CT molecular complexity index is 404. The van der Waals surface area contributed by atoms with Crippen LogP contribution in [0.3, 0.4) is 0 Å². The second kappa shape index (κ2) is 5.80. The third-order valence-corrected chi connectivity index (χ3v) is 3.44. The summed E-state index contributed by atoms with van der Waals surface area (Å²) in [6.07, 6.45) is 7.76. The third-order valence-electron chi connectivity index (χ3n) is 3.44. The summed E-state index contributed by atoms with van der Waals surface area (Å²) in [6, 6.07) is 0.140. The first-order valence-electron chi connectivity index (χ1n) is 6.47. The van der Waals surface area contributed by atoms with Crippen LogP contribution in [0.2, 0.25) is 0 Å². The smallest absolute Gasteiger partial charge is 0.224 e. The quantitative estimate of drug-likeness (QED) is 0.850. The highest BCUT2D eigenvalue weighted by Gasteiger charge is 2.30. The predicted molar refractivity (Wildman–Crippen MR) is 70.2 cm³/mol. The molecule has 98 valence electrons. The Kier molecular flexibility index (Phi) is 4.12. The zero-order valence-corrected chi connectivity index (χ0v) is 10.9. The standard InChI is InChI=1S/C13H20N4O/c1-9-7-15-13(16-8-9)17-11-6-4-3-5-10(11)12(18)14-2/h7-8,10-11H,3-6H2,1-2H3,(H,14,18)(H,15,16,17). The van der Waals surface area contributed by atoms with Crippen molar-refractivity contribution < 1.29 is 4.79 Å². The van der Waals surface area contributed by atoms with Crippen molar-refractivity contribution in [1.29, 1.82) is 0 Å². The molecular weight excluding hydrogens is 228 g/mol. The molecule has 0 spiro atoms. The summed E-state index contributed by atoms with van der Waals surface area (Å²) in [5.74, 6) is 0.745. The van der Waals surface area contributed by atoms with E-state index < -0.39 is 0 Å². The average Bonchev–Trinajstić information content (AvgIpc) is 2.41. The van der Waals surface area contributed by atoms with E-state index in [4.69, 9.17) is 0 Å². The Balaban J connectivity index is 2.05. The Hall–Kier alpha value is -1.65. The molecule has 1 amide bonds. The van der Waals surface area contributed by atoms with Crippen LogP contribution in [0.15, 0.2) is 12.4 Å². The highest BCUT2D eigenvalue weighted by atomic mass is 16.1. The normalized spacial score (nSPS) is 23.4. The molecular formula is C13H20N4O. The number of rotatable bonds is 3. The first-order valence-corrected chi connectivity index (χ1v) is 6.47. The van der Waals surface area contributed by atoms with E-state index >= 15 is 0 Å². The maximum Gasteiger partial charge on any atom is 0.224 e. The third kappa shape index (κ3) is 2.97. The van der Waals surface area contributed by atoms with E-state index in [1.54, 1.807) is 19.4 Å². The van der Waals surface area contributed by atoms with Gasteiger partial charge in [-0.1, -0.05) is 12.8 Å². The van der Waals surface area contributed by atoms with E-state index in [0.717, 1.165) is 31.2 Å². The number of nitrogens with zero attached hydrogens (tertiary/aromatic N) is 2. The van der Waals surface area contributed by atoms with Gasteiger partial charge in [0.15, 0.2) is 0 Å². The van der Waals surface area contributed by atoms with Gasteiger partial charge in [-0.15, -0.1) is 0 Å². The molecule has 0 radical (unpaired) electrons. The molecule has 5 nitrogen and oxygen atoms in total. The Labute approximate surface area is 107 Å². The molecule has 0 saturated heterocycles. The van der Waals surface area contributed by atoms with Crippen LogP contribution in [-0.4, -0.2) is 29.0 Å². The molecule has 1 heterocycles. The molecule has 2 unspecified atom stereocenters. The fourth-order valence-corrected chi connectivity index (χ4v) is 2.44. The number of nitrogens with one attached hydrogen (secondary N) is 2. The minimum atomic E-state index is 0.0219. The molecule has 0 bridgehead atoms. The van der Waals surface area contributed by atoms with Gasteiger partial charge in [0.05, 0.1) is 5.92 Å². The number of amides is 1. The number of hydrogen-bond acceptors (Lipinski definition) is 4. The molecule has 1 fully saturated rings. The molecule has 1 aliphatic rings. The maximum atomic E-state index is 11.8. The fraction of sp³-hybridized carbons (Fsp3) is 0.615. The molecule has 2 rings (SSSR count). The van der Waals surface area contributed by atoms with Crippen molar-refractivity contribution >= 4 is 11.9 Å². The molecule has 1 saturated carbocycles. The lowest BCUT2D eigenvalue weighted by atomic mass is 9.84. The van der Waals surface area contributed by atoms with E-state index in [2.05, 4.69) is 20.6 Å². The summed E-state index contributed by atoms with van der Waals surface area (Å²) >= 11 is 0. The van der Waals surface area contributed by atoms with Crippen LogP contribution in [-0.2, 0) is 4.79 Å². The summed E-state index contributed by atoms with van der Waals surface area (Å²) in [5, 5.41) is 6.03. The van der Waals surface area contributed by atoms with Gasteiger partial charge in [-0.2, -0.15) is 0 Å². The molecule has 2 N–H and O–H groups in total. The molecule has 18 heavy (non-hydrogen) atoms. The van der Waals surface area contributed by atoms with Crippen LogP contribution in [0, 0.1) is 12.8 Å². The van der Waals surface area contributed by atoms with E-state index in [1.165, 1.54) is 0 Å². The predicted octanol–water partition coefficient (Wildman–Crippen LogP) is 1.50. The van der Waals surface area contributed by atoms with Gasteiger partial charge in [0, 0.05) is 25.5 Å². The summed E-state index contributed by atoms with van der Waals surface area (Å²) < 4.78 is 0. The first kappa shape index (κ1) is 12.8. The lowest BCUT2D eigenvalue weighted by Gasteiger charge is -2.30. The maximum absolute atomic E-state index is 11.8. The topological polar surface area (TPSA) is 66.9 Å². The van der Waals surface area contributed by atoms with Gasteiger partial charge < -0.3 is 10.6 Å². The van der Waals surface area contributed by atoms with Crippen molar-refractivity contribution in [3.8, 4) is 0 Å². The largest absolute Gasteiger partial charge is 0.359 e. The number of aryl methyl sites for hydroxylation is 1. The van der Waals surface area contributed by atoms with Crippen molar-refractivity contribution in [2.75, 3.05) is 12.4 Å².